The maximum Gasteiger partial charge on any atom is 0.100 e. The zero-order valence-corrected chi connectivity index (χ0v) is 7.28. The minimum absolute atomic E-state index is 0.519. The van der Waals surface area contributed by atoms with Gasteiger partial charge in [-0.1, -0.05) is 6.92 Å². The maximum atomic E-state index is 12.7. The highest BCUT2D eigenvalue weighted by molar-refractivity contribution is 4.76. The molecule has 2 heteroatoms. The molecule has 1 aliphatic rings. The fourth-order valence-electron chi connectivity index (χ4n) is 1.61. The van der Waals surface area contributed by atoms with Crippen LogP contribution in [0.3, 0.4) is 0 Å². The van der Waals surface area contributed by atoms with E-state index in [2.05, 4.69) is 12.2 Å². The van der Waals surface area contributed by atoms with Gasteiger partial charge in [0, 0.05) is 6.04 Å². The normalized spacial score (nSPS) is 32.2. The van der Waals surface area contributed by atoms with Crippen LogP contribution in [-0.2, 0) is 0 Å². The van der Waals surface area contributed by atoms with E-state index < -0.39 is 6.17 Å². The molecule has 0 aliphatic heterocycles. The summed E-state index contributed by atoms with van der Waals surface area (Å²) in [6, 6.07) is 0.599. The van der Waals surface area contributed by atoms with Crippen LogP contribution in [0.4, 0.5) is 4.39 Å². The average Bonchev–Trinajstić information content (AvgIpc) is 2.04. The summed E-state index contributed by atoms with van der Waals surface area (Å²) in [6.07, 6.45) is 4.25. The van der Waals surface area contributed by atoms with Crippen LogP contribution in [0.25, 0.3) is 0 Å². The van der Waals surface area contributed by atoms with Crippen molar-refractivity contribution in [3.63, 3.8) is 0 Å². The van der Waals surface area contributed by atoms with E-state index in [4.69, 9.17) is 0 Å². The topological polar surface area (TPSA) is 12.0 Å². The van der Waals surface area contributed by atoms with Crippen molar-refractivity contribution in [3.05, 3.63) is 0 Å². The molecule has 0 heterocycles. The molecule has 1 fully saturated rings. The second-order valence-corrected chi connectivity index (χ2v) is 3.40. The Bertz CT molecular complexity index is 95.0. The highest BCUT2D eigenvalue weighted by atomic mass is 19.1. The molecule has 0 radical (unpaired) electrons. The SMILES string of the molecule is CCCNC1CCC(F)CC1. The van der Waals surface area contributed by atoms with Gasteiger partial charge in [-0.2, -0.15) is 0 Å². The molecule has 11 heavy (non-hydrogen) atoms. The van der Waals surface area contributed by atoms with Crippen LogP contribution < -0.4 is 5.32 Å². The van der Waals surface area contributed by atoms with E-state index >= 15 is 0 Å². The Morgan fingerprint density at radius 1 is 1.27 bits per heavy atom. The molecule has 1 aliphatic carbocycles. The van der Waals surface area contributed by atoms with Gasteiger partial charge >= 0.3 is 0 Å². The van der Waals surface area contributed by atoms with Gasteiger partial charge in [-0.3, -0.25) is 0 Å². The van der Waals surface area contributed by atoms with Crippen LogP contribution in [0, 0.1) is 0 Å². The van der Waals surface area contributed by atoms with Crippen LogP contribution in [0.1, 0.15) is 39.0 Å². The van der Waals surface area contributed by atoms with Gasteiger partial charge in [0.15, 0.2) is 0 Å². The van der Waals surface area contributed by atoms with Gasteiger partial charge in [0.1, 0.15) is 6.17 Å². The molecule has 1 nitrogen and oxygen atoms in total. The summed E-state index contributed by atoms with van der Waals surface area (Å²) in [6.45, 7) is 3.25. The summed E-state index contributed by atoms with van der Waals surface area (Å²) in [4.78, 5) is 0. The van der Waals surface area contributed by atoms with Crippen molar-refractivity contribution in [2.45, 2.75) is 51.2 Å². The van der Waals surface area contributed by atoms with E-state index in [1.54, 1.807) is 0 Å². The third-order valence-corrected chi connectivity index (χ3v) is 2.34. The Labute approximate surface area is 68.4 Å². The molecule has 0 unspecified atom stereocenters. The predicted octanol–water partition coefficient (Wildman–Crippen LogP) is 2.27. The molecule has 0 atom stereocenters. The number of hydrogen-bond donors (Lipinski definition) is 1. The first-order valence-corrected chi connectivity index (χ1v) is 4.70. The van der Waals surface area contributed by atoms with Gasteiger partial charge in [-0.05, 0) is 38.6 Å². The highest BCUT2D eigenvalue weighted by Crippen LogP contribution is 2.20. The smallest absolute Gasteiger partial charge is 0.100 e. The Balaban J connectivity index is 2.07. The number of halogens is 1. The first kappa shape index (κ1) is 8.98. The Hall–Kier alpha value is -0.110. The molecular formula is C9H18FN. The average molecular weight is 159 g/mol. The monoisotopic (exact) mass is 159 g/mol. The second kappa shape index (κ2) is 4.70. The summed E-state index contributed by atoms with van der Waals surface area (Å²) in [5.41, 5.74) is 0. The highest BCUT2D eigenvalue weighted by Gasteiger charge is 2.19. The van der Waals surface area contributed by atoms with Gasteiger partial charge in [-0.25, -0.2) is 4.39 Å². The minimum atomic E-state index is -0.519. The summed E-state index contributed by atoms with van der Waals surface area (Å²) in [5, 5.41) is 3.43. The first-order valence-electron chi connectivity index (χ1n) is 4.70. The van der Waals surface area contributed by atoms with E-state index in [1.165, 1.54) is 6.42 Å². The Kier molecular flexibility index (Phi) is 3.84. The van der Waals surface area contributed by atoms with Crippen LogP contribution in [0.5, 0.6) is 0 Å². The third kappa shape index (κ3) is 3.19. The Morgan fingerprint density at radius 3 is 2.45 bits per heavy atom. The Morgan fingerprint density at radius 2 is 1.91 bits per heavy atom. The lowest BCUT2D eigenvalue weighted by Crippen LogP contribution is -2.33. The predicted molar refractivity (Wildman–Crippen MR) is 45.4 cm³/mol. The maximum absolute atomic E-state index is 12.7. The van der Waals surface area contributed by atoms with Crippen molar-refractivity contribution in [2.24, 2.45) is 0 Å². The molecule has 0 aromatic heterocycles. The number of alkyl halides is 1. The van der Waals surface area contributed by atoms with Crippen LogP contribution in [0.2, 0.25) is 0 Å². The minimum Gasteiger partial charge on any atom is -0.314 e. The molecule has 66 valence electrons. The summed E-state index contributed by atoms with van der Waals surface area (Å²) in [5.74, 6) is 0. The van der Waals surface area contributed by atoms with E-state index in [1.807, 2.05) is 0 Å². The number of nitrogens with one attached hydrogen (secondary N) is 1. The quantitative estimate of drug-likeness (QED) is 0.666. The van der Waals surface area contributed by atoms with Gasteiger partial charge < -0.3 is 5.32 Å². The van der Waals surface area contributed by atoms with E-state index in [9.17, 15) is 4.39 Å². The fourth-order valence-corrected chi connectivity index (χ4v) is 1.61. The standard InChI is InChI=1S/C9H18FN/c1-2-7-11-9-5-3-8(10)4-6-9/h8-9,11H,2-7H2,1H3. The van der Waals surface area contributed by atoms with Gasteiger partial charge in [-0.15, -0.1) is 0 Å². The lowest BCUT2D eigenvalue weighted by atomic mass is 9.94. The van der Waals surface area contributed by atoms with Crippen LogP contribution in [-0.4, -0.2) is 18.8 Å². The van der Waals surface area contributed by atoms with E-state index in [-0.39, 0.29) is 0 Å². The molecule has 0 aromatic rings. The zero-order chi connectivity index (χ0) is 8.10. The molecular weight excluding hydrogens is 141 g/mol. The van der Waals surface area contributed by atoms with Gasteiger partial charge in [0.05, 0.1) is 0 Å². The molecule has 0 saturated heterocycles. The van der Waals surface area contributed by atoms with Crippen molar-refractivity contribution < 1.29 is 4.39 Å². The van der Waals surface area contributed by atoms with Crippen molar-refractivity contribution in [1.29, 1.82) is 0 Å². The van der Waals surface area contributed by atoms with Crippen molar-refractivity contribution in [2.75, 3.05) is 6.54 Å². The lowest BCUT2D eigenvalue weighted by Gasteiger charge is -2.24. The molecule has 0 spiro atoms. The molecule has 1 N–H and O–H groups in total. The van der Waals surface area contributed by atoms with Crippen molar-refractivity contribution in [3.8, 4) is 0 Å². The number of hydrogen-bond acceptors (Lipinski definition) is 1. The summed E-state index contributed by atoms with van der Waals surface area (Å²) >= 11 is 0. The molecule has 0 amide bonds. The van der Waals surface area contributed by atoms with Crippen molar-refractivity contribution in [1.82, 2.24) is 5.32 Å². The molecule has 0 bridgehead atoms. The van der Waals surface area contributed by atoms with E-state index in [0.29, 0.717) is 6.04 Å². The molecule has 1 rings (SSSR count). The van der Waals surface area contributed by atoms with Crippen LogP contribution in [0.15, 0.2) is 0 Å². The summed E-state index contributed by atoms with van der Waals surface area (Å²) < 4.78 is 12.7. The lowest BCUT2D eigenvalue weighted by molar-refractivity contribution is 0.220. The fraction of sp³-hybridized carbons (Fsp3) is 1.00. The zero-order valence-electron chi connectivity index (χ0n) is 7.28. The molecule has 0 aromatic carbocycles. The summed E-state index contributed by atoms with van der Waals surface area (Å²) in [7, 11) is 0. The van der Waals surface area contributed by atoms with E-state index in [0.717, 1.165) is 32.2 Å². The first-order chi connectivity index (χ1) is 5.33. The third-order valence-electron chi connectivity index (χ3n) is 2.34. The second-order valence-electron chi connectivity index (χ2n) is 3.40. The largest absolute Gasteiger partial charge is 0.314 e. The molecule has 1 saturated carbocycles. The van der Waals surface area contributed by atoms with Crippen molar-refractivity contribution >= 4 is 0 Å². The van der Waals surface area contributed by atoms with Gasteiger partial charge in [0.25, 0.3) is 0 Å². The van der Waals surface area contributed by atoms with Gasteiger partial charge in [0.2, 0.25) is 0 Å². The number of rotatable bonds is 3. The van der Waals surface area contributed by atoms with Crippen LogP contribution >= 0.6 is 0 Å².